The third kappa shape index (κ3) is 7.87. The van der Waals surface area contributed by atoms with Crippen LogP contribution in [0.15, 0.2) is 6.20 Å². The fraction of sp³-hybridized carbons (Fsp3) is 0.925. The monoisotopic (exact) mass is 876 g/mol. The molecule has 0 radical (unpaired) electrons. The van der Waals surface area contributed by atoms with Crippen LogP contribution in [0.4, 0.5) is 0 Å². The maximum absolute atomic E-state index is 12.0. The Morgan fingerprint density at radius 2 is 1.14 bits per heavy atom. The van der Waals surface area contributed by atoms with Crippen molar-refractivity contribution < 1.29 is 34.0 Å². The number of esters is 2. The minimum absolute atomic E-state index is 0.100. The summed E-state index contributed by atoms with van der Waals surface area (Å²) in [6, 6.07) is 0.302. The van der Waals surface area contributed by atoms with Crippen molar-refractivity contribution in [2.45, 2.75) is 201 Å². The highest BCUT2D eigenvalue weighted by Crippen LogP contribution is 2.70. The minimum atomic E-state index is -0.249. The Morgan fingerprint density at radius 1 is 0.667 bits per heavy atom. The molecule has 8 saturated carbocycles. The van der Waals surface area contributed by atoms with Crippen molar-refractivity contribution in [1.29, 1.82) is 0 Å². The van der Waals surface area contributed by atoms with Gasteiger partial charge < -0.3 is 24.4 Å². The van der Waals surface area contributed by atoms with Crippen LogP contribution in [0.25, 0.3) is 0 Å². The number of methoxy groups -OCH3 is 2. The van der Waals surface area contributed by atoms with Gasteiger partial charge in [0.25, 0.3) is 0 Å². The Hall–Kier alpha value is -2.04. The Kier molecular flexibility index (Phi) is 12.8. The molecule has 0 aromatic carbocycles. The molecule has 8 fully saturated rings. The van der Waals surface area contributed by atoms with Crippen LogP contribution in [0.1, 0.15) is 182 Å². The van der Waals surface area contributed by atoms with Gasteiger partial charge in [-0.15, -0.1) is 5.10 Å². The molecule has 1 heterocycles. The largest absolute Gasteiger partial charge is 0.469 e. The normalized spacial score (nSPS) is 47.5. The van der Waals surface area contributed by atoms with Crippen molar-refractivity contribution in [3.8, 4) is 0 Å². The molecule has 0 spiro atoms. The Morgan fingerprint density at radius 3 is 1.67 bits per heavy atom. The lowest BCUT2D eigenvalue weighted by molar-refractivity contribution is -0.179. The zero-order valence-electron chi connectivity index (χ0n) is 40.4. The smallest absolute Gasteiger partial charge is 0.305 e. The van der Waals surface area contributed by atoms with Crippen molar-refractivity contribution in [1.82, 2.24) is 15.0 Å². The van der Waals surface area contributed by atoms with Gasteiger partial charge in [0.15, 0.2) is 0 Å². The first kappa shape index (κ1) is 46.1. The summed E-state index contributed by atoms with van der Waals surface area (Å²) in [6.45, 7) is 15.4. The quantitative estimate of drug-likeness (QED) is 0.197. The van der Waals surface area contributed by atoms with Crippen LogP contribution in [-0.2, 0) is 30.4 Å². The first-order chi connectivity index (χ1) is 30.0. The predicted octanol–water partition coefficient (Wildman–Crippen LogP) is 10.1. The summed E-state index contributed by atoms with van der Waals surface area (Å²) >= 11 is 0. The van der Waals surface area contributed by atoms with Crippen LogP contribution >= 0.6 is 0 Å². The molecule has 354 valence electrons. The average molecular weight is 876 g/mol. The van der Waals surface area contributed by atoms with Gasteiger partial charge in [0.2, 0.25) is 0 Å². The molecule has 0 saturated heterocycles. The summed E-state index contributed by atoms with van der Waals surface area (Å²) in [4.78, 5) is 23.9. The Balaban J connectivity index is 0.778. The highest BCUT2D eigenvalue weighted by atomic mass is 16.5. The van der Waals surface area contributed by atoms with E-state index >= 15 is 0 Å². The Labute approximate surface area is 379 Å². The van der Waals surface area contributed by atoms with E-state index in [9.17, 15) is 19.8 Å². The molecule has 20 atom stereocenters. The van der Waals surface area contributed by atoms with Crippen molar-refractivity contribution in [3.05, 3.63) is 11.9 Å². The first-order valence-corrected chi connectivity index (χ1v) is 26.1. The van der Waals surface area contributed by atoms with E-state index in [1.54, 1.807) is 0 Å². The van der Waals surface area contributed by atoms with Gasteiger partial charge in [0.05, 0.1) is 51.4 Å². The number of nitrogens with zero attached hydrogens (tertiary/aromatic N) is 3. The third-order valence-electron chi connectivity index (χ3n) is 22.3. The van der Waals surface area contributed by atoms with Crippen LogP contribution in [0.3, 0.4) is 0 Å². The average Bonchev–Trinajstić information content (AvgIpc) is 3.99. The summed E-state index contributed by atoms with van der Waals surface area (Å²) in [5.41, 5.74) is 1.88. The number of ether oxygens (including phenoxy) is 3. The lowest BCUT2D eigenvalue weighted by atomic mass is 9.43. The van der Waals surface area contributed by atoms with Crippen LogP contribution < -0.4 is 0 Å². The number of hydrogen-bond acceptors (Lipinski definition) is 9. The zero-order valence-corrected chi connectivity index (χ0v) is 40.4. The number of carbonyl (C=O) groups is 2. The lowest BCUT2D eigenvalue weighted by Gasteiger charge is -2.62. The molecule has 0 bridgehead atoms. The highest BCUT2D eigenvalue weighted by Gasteiger charge is 2.65. The van der Waals surface area contributed by atoms with Gasteiger partial charge in [-0.3, -0.25) is 9.59 Å². The second-order valence-corrected chi connectivity index (χ2v) is 24.6. The van der Waals surface area contributed by atoms with Gasteiger partial charge in [-0.2, -0.15) is 0 Å². The van der Waals surface area contributed by atoms with Crippen LogP contribution in [-0.4, -0.2) is 69.7 Å². The summed E-state index contributed by atoms with van der Waals surface area (Å²) < 4.78 is 18.8. The number of aromatic nitrogens is 3. The van der Waals surface area contributed by atoms with Crippen molar-refractivity contribution in [2.75, 3.05) is 14.2 Å². The number of hydrogen-bond donors (Lipinski definition) is 2. The molecular formula is C53H85N3O7. The van der Waals surface area contributed by atoms with Crippen molar-refractivity contribution >= 4 is 11.9 Å². The van der Waals surface area contributed by atoms with E-state index in [0.29, 0.717) is 96.5 Å². The number of aliphatic hydroxyl groups excluding tert-OH is 2. The van der Waals surface area contributed by atoms with E-state index in [1.807, 2.05) is 0 Å². The van der Waals surface area contributed by atoms with Gasteiger partial charge in [-0.1, -0.05) is 46.8 Å². The summed E-state index contributed by atoms with van der Waals surface area (Å²) in [5, 5.41) is 33.4. The molecule has 1 aromatic rings. The second-order valence-electron chi connectivity index (χ2n) is 24.6. The molecule has 10 nitrogen and oxygen atoms in total. The van der Waals surface area contributed by atoms with E-state index in [0.717, 1.165) is 63.5 Å². The van der Waals surface area contributed by atoms with E-state index in [-0.39, 0.29) is 51.9 Å². The topological polar surface area (TPSA) is 133 Å². The molecule has 1 aromatic heterocycles. The maximum Gasteiger partial charge on any atom is 0.305 e. The number of rotatable bonds is 12. The minimum Gasteiger partial charge on any atom is -0.469 e. The van der Waals surface area contributed by atoms with Gasteiger partial charge in [0.1, 0.15) is 5.69 Å². The summed E-state index contributed by atoms with van der Waals surface area (Å²) in [5.74, 6) is 5.96. The van der Waals surface area contributed by atoms with Crippen molar-refractivity contribution in [2.24, 2.45) is 92.7 Å². The number of fused-ring (bicyclic) bond motifs is 10. The molecule has 63 heavy (non-hydrogen) atoms. The fourth-order valence-electron chi connectivity index (χ4n) is 18.8. The highest BCUT2D eigenvalue weighted by molar-refractivity contribution is 5.69. The molecule has 2 N–H and O–H groups in total. The zero-order chi connectivity index (χ0) is 44.6. The standard InChI is InChI=1S/C53H85N3O7/c1-31(9-15-46(59)61-7)38-11-13-40-48-42(19-23-52(38,40)5)50(3)21-17-36(25-33(50)27-44(48)57)56-29-35(54-55-56)30-63-37-18-22-51(4)34(26-37)28-45(58)49-41-14-12-39(32(2)10-16-47(60)62-8)53(41,6)24-20-43(49)51/h29,31-34,36-45,48-49,57-58H,9-28,30H2,1-8H3/t31-,32+,33?,34?,36-,37+,38-,39+,40+,41-,42+,43-,44+,45-,48?,49?,50+,51-,52-,53+/m1/s1. The molecule has 10 heteroatoms. The first-order valence-electron chi connectivity index (χ1n) is 26.1. The fourth-order valence-corrected chi connectivity index (χ4v) is 18.8. The van der Waals surface area contributed by atoms with Gasteiger partial charge in [-0.25, -0.2) is 4.68 Å². The van der Waals surface area contributed by atoms with E-state index in [2.05, 4.69) is 57.5 Å². The third-order valence-corrected chi connectivity index (χ3v) is 22.3. The van der Waals surface area contributed by atoms with Crippen LogP contribution in [0.2, 0.25) is 0 Å². The SMILES string of the molecule is COC(=O)CC[C@@H](C)[C@H]1CC[C@H]2C3[C@@H](O)CC4C[C@H](n5cc(CO[C@H]6CC[C@]7(C)C(C6)C[C@@H](O)C6[C@H]8CC[C@@H]([C@@H](C)CCC(=O)OC)[C@]8(C)CC[C@H]67)nn5)CC[C@]4(C)[C@H]3CC[C@]12C. The van der Waals surface area contributed by atoms with Gasteiger partial charge in [0, 0.05) is 12.8 Å². The van der Waals surface area contributed by atoms with Crippen molar-refractivity contribution in [3.63, 3.8) is 0 Å². The van der Waals surface area contributed by atoms with Gasteiger partial charge in [-0.05, 0) is 208 Å². The lowest BCUT2D eigenvalue weighted by Crippen LogP contribution is -2.58. The van der Waals surface area contributed by atoms with E-state index in [4.69, 9.17) is 19.4 Å². The van der Waals surface area contributed by atoms with Crippen LogP contribution in [0, 0.1) is 92.7 Å². The van der Waals surface area contributed by atoms with E-state index < -0.39 is 0 Å². The predicted molar refractivity (Wildman–Crippen MR) is 242 cm³/mol. The Bertz CT molecular complexity index is 1800. The molecule has 0 amide bonds. The number of carbonyl (C=O) groups excluding carboxylic acids is 2. The molecular weight excluding hydrogens is 791 g/mol. The van der Waals surface area contributed by atoms with E-state index in [1.165, 1.54) is 72.0 Å². The number of aliphatic hydroxyl groups is 2. The molecule has 0 aliphatic heterocycles. The second kappa shape index (κ2) is 17.6. The molecule has 4 unspecified atom stereocenters. The summed E-state index contributed by atoms with van der Waals surface area (Å²) in [7, 11) is 2.98. The van der Waals surface area contributed by atoms with Gasteiger partial charge >= 0.3 is 11.9 Å². The summed E-state index contributed by atoms with van der Waals surface area (Å²) in [6.07, 6.45) is 22.7. The molecule has 8 aliphatic carbocycles. The molecule has 9 rings (SSSR count). The van der Waals surface area contributed by atoms with Crippen LogP contribution in [0.5, 0.6) is 0 Å². The molecule has 8 aliphatic rings. The maximum atomic E-state index is 12.0.